The lowest BCUT2D eigenvalue weighted by Crippen LogP contribution is -2.02. The van der Waals surface area contributed by atoms with Crippen molar-refractivity contribution in [2.75, 3.05) is 13.7 Å². The van der Waals surface area contributed by atoms with Gasteiger partial charge < -0.3 is 10.5 Å². The van der Waals surface area contributed by atoms with Gasteiger partial charge in [-0.3, -0.25) is 0 Å². The molecular weight excluding hydrogens is 190 g/mol. The molecular formula is C12H15NO2. The van der Waals surface area contributed by atoms with E-state index in [1.54, 1.807) is 6.08 Å². The largest absolute Gasteiger partial charge is 0.466 e. The quantitative estimate of drug-likeness (QED) is 0.596. The van der Waals surface area contributed by atoms with Gasteiger partial charge in [-0.1, -0.05) is 24.3 Å². The van der Waals surface area contributed by atoms with Gasteiger partial charge in [-0.2, -0.15) is 0 Å². The topological polar surface area (TPSA) is 52.3 Å². The number of methoxy groups -OCH3 is 1. The lowest BCUT2D eigenvalue weighted by Gasteiger charge is -1.99. The second kappa shape index (κ2) is 5.98. The van der Waals surface area contributed by atoms with Gasteiger partial charge in [0.15, 0.2) is 0 Å². The van der Waals surface area contributed by atoms with Crippen LogP contribution in [-0.4, -0.2) is 19.6 Å². The minimum absolute atomic E-state index is 0.348. The summed E-state index contributed by atoms with van der Waals surface area (Å²) in [7, 11) is 1.36. The van der Waals surface area contributed by atoms with Gasteiger partial charge in [-0.15, -0.1) is 0 Å². The Morgan fingerprint density at radius 1 is 1.53 bits per heavy atom. The van der Waals surface area contributed by atoms with Crippen molar-refractivity contribution in [2.45, 2.75) is 6.42 Å². The Bertz CT molecular complexity index is 358. The number of hydrogen-bond donors (Lipinski definition) is 1. The summed E-state index contributed by atoms with van der Waals surface area (Å²) in [6.45, 7) is 0.629. The minimum atomic E-state index is -0.348. The summed E-state index contributed by atoms with van der Waals surface area (Å²) in [4.78, 5) is 10.9. The third-order valence-corrected chi connectivity index (χ3v) is 2.00. The molecule has 15 heavy (non-hydrogen) atoms. The van der Waals surface area contributed by atoms with Crippen LogP contribution in [0.1, 0.15) is 11.1 Å². The number of hydrogen-bond acceptors (Lipinski definition) is 3. The normalized spacial score (nSPS) is 10.5. The molecule has 0 unspecified atom stereocenters. The first-order chi connectivity index (χ1) is 7.26. The summed E-state index contributed by atoms with van der Waals surface area (Å²) in [6.07, 6.45) is 3.98. The van der Waals surface area contributed by atoms with Gasteiger partial charge in [-0.25, -0.2) is 4.79 Å². The summed E-state index contributed by atoms with van der Waals surface area (Å²) in [5, 5.41) is 0. The van der Waals surface area contributed by atoms with Gasteiger partial charge in [0.2, 0.25) is 0 Å². The van der Waals surface area contributed by atoms with Crippen molar-refractivity contribution < 1.29 is 9.53 Å². The van der Waals surface area contributed by atoms with E-state index < -0.39 is 0 Å². The predicted octanol–water partition coefficient (Wildman–Crippen LogP) is 1.37. The smallest absolute Gasteiger partial charge is 0.330 e. The molecule has 2 N–H and O–H groups in total. The number of benzene rings is 1. The van der Waals surface area contributed by atoms with Crippen LogP contribution in [0.3, 0.4) is 0 Å². The zero-order chi connectivity index (χ0) is 11.1. The number of carbonyl (C=O) groups excluding carboxylic acids is 1. The van der Waals surface area contributed by atoms with Gasteiger partial charge in [-0.05, 0) is 30.2 Å². The lowest BCUT2D eigenvalue weighted by atomic mass is 10.1. The third-order valence-electron chi connectivity index (χ3n) is 2.00. The highest BCUT2D eigenvalue weighted by Crippen LogP contribution is 2.07. The molecule has 0 aliphatic heterocycles. The first-order valence-corrected chi connectivity index (χ1v) is 4.81. The molecule has 1 aromatic rings. The molecule has 0 amide bonds. The first kappa shape index (κ1) is 11.5. The van der Waals surface area contributed by atoms with E-state index in [1.807, 2.05) is 24.3 Å². The molecule has 1 rings (SSSR count). The molecule has 0 saturated carbocycles. The monoisotopic (exact) mass is 205 g/mol. The van der Waals surface area contributed by atoms with Gasteiger partial charge in [0.05, 0.1) is 7.11 Å². The van der Waals surface area contributed by atoms with Crippen LogP contribution in [0.5, 0.6) is 0 Å². The predicted molar refractivity (Wildman–Crippen MR) is 60.3 cm³/mol. The Balaban J connectivity index is 2.73. The number of carbonyl (C=O) groups is 1. The average Bonchev–Trinajstić information content (AvgIpc) is 2.27. The van der Waals surface area contributed by atoms with Gasteiger partial charge in [0, 0.05) is 6.08 Å². The Kier molecular flexibility index (Phi) is 4.57. The molecule has 3 heteroatoms. The molecule has 80 valence electrons. The fraction of sp³-hybridized carbons (Fsp3) is 0.250. The summed E-state index contributed by atoms with van der Waals surface area (Å²) in [5.41, 5.74) is 7.61. The highest BCUT2D eigenvalue weighted by Gasteiger charge is 1.94. The Labute approximate surface area is 89.5 Å². The number of ether oxygens (including phenoxy) is 1. The van der Waals surface area contributed by atoms with E-state index in [4.69, 9.17) is 5.73 Å². The SMILES string of the molecule is COC(=O)C=Cc1cccc(CCN)c1. The molecule has 0 fully saturated rings. The van der Waals surface area contributed by atoms with Crippen molar-refractivity contribution >= 4 is 12.0 Å². The zero-order valence-corrected chi connectivity index (χ0v) is 8.77. The molecule has 0 aliphatic rings. The van der Waals surface area contributed by atoms with E-state index in [-0.39, 0.29) is 5.97 Å². The van der Waals surface area contributed by atoms with Crippen LogP contribution in [0.4, 0.5) is 0 Å². The number of esters is 1. The second-order valence-electron chi connectivity index (χ2n) is 3.14. The van der Waals surface area contributed by atoms with Crippen molar-refractivity contribution in [3.8, 4) is 0 Å². The van der Waals surface area contributed by atoms with Gasteiger partial charge in [0.25, 0.3) is 0 Å². The average molecular weight is 205 g/mol. The van der Waals surface area contributed by atoms with Crippen LogP contribution in [0.15, 0.2) is 30.3 Å². The van der Waals surface area contributed by atoms with Crippen LogP contribution in [0.2, 0.25) is 0 Å². The maximum Gasteiger partial charge on any atom is 0.330 e. The molecule has 0 radical (unpaired) electrons. The minimum Gasteiger partial charge on any atom is -0.466 e. The third kappa shape index (κ3) is 3.95. The van der Waals surface area contributed by atoms with E-state index in [2.05, 4.69) is 4.74 Å². The Morgan fingerprint density at radius 2 is 2.33 bits per heavy atom. The van der Waals surface area contributed by atoms with Gasteiger partial charge in [0.1, 0.15) is 0 Å². The standard InChI is InChI=1S/C12H15NO2/c1-15-12(14)6-5-10-3-2-4-11(9-10)7-8-13/h2-6,9H,7-8,13H2,1H3. The molecule has 1 aromatic carbocycles. The lowest BCUT2D eigenvalue weighted by molar-refractivity contribution is -0.134. The van der Waals surface area contributed by atoms with E-state index in [0.717, 1.165) is 12.0 Å². The van der Waals surface area contributed by atoms with Crippen molar-refractivity contribution in [3.63, 3.8) is 0 Å². The fourth-order valence-corrected chi connectivity index (χ4v) is 1.25. The van der Waals surface area contributed by atoms with Crippen LogP contribution >= 0.6 is 0 Å². The highest BCUT2D eigenvalue weighted by molar-refractivity contribution is 5.86. The number of rotatable bonds is 4. The molecule has 0 aromatic heterocycles. The molecule has 0 aliphatic carbocycles. The van der Waals surface area contributed by atoms with Crippen molar-refractivity contribution in [2.24, 2.45) is 5.73 Å². The Morgan fingerprint density at radius 3 is 3.00 bits per heavy atom. The summed E-state index contributed by atoms with van der Waals surface area (Å²) >= 11 is 0. The summed E-state index contributed by atoms with van der Waals surface area (Å²) in [5.74, 6) is -0.348. The van der Waals surface area contributed by atoms with E-state index in [0.29, 0.717) is 6.54 Å². The van der Waals surface area contributed by atoms with E-state index in [9.17, 15) is 4.79 Å². The second-order valence-corrected chi connectivity index (χ2v) is 3.14. The molecule has 0 heterocycles. The Hall–Kier alpha value is -1.61. The first-order valence-electron chi connectivity index (χ1n) is 4.81. The van der Waals surface area contributed by atoms with Crippen molar-refractivity contribution in [3.05, 3.63) is 41.5 Å². The maximum absolute atomic E-state index is 10.9. The van der Waals surface area contributed by atoms with E-state index >= 15 is 0 Å². The van der Waals surface area contributed by atoms with Crippen LogP contribution in [0, 0.1) is 0 Å². The molecule has 3 nitrogen and oxygen atoms in total. The maximum atomic E-state index is 10.9. The van der Waals surface area contributed by atoms with Gasteiger partial charge >= 0.3 is 5.97 Å². The highest BCUT2D eigenvalue weighted by atomic mass is 16.5. The summed E-state index contributed by atoms with van der Waals surface area (Å²) in [6, 6.07) is 7.90. The van der Waals surface area contributed by atoms with Crippen molar-refractivity contribution in [1.29, 1.82) is 0 Å². The van der Waals surface area contributed by atoms with E-state index in [1.165, 1.54) is 18.7 Å². The number of nitrogens with two attached hydrogens (primary N) is 1. The van der Waals surface area contributed by atoms with Crippen molar-refractivity contribution in [1.82, 2.24) is 0 Å². The van der Waals surface area contributed by atoms with Crippen LogP contribution in [-0.2, 0) is 16.0 Å². The van der Waals surface area contributed by atoms with Crippen LogP contribution in [0.25, 0.3) is 6.08 Å². The molecule has 0 atom stereocenters. The molecule has 0 saturated heterocycles. The molecule has 0 bridgehead atoms. The summed E-state index contributed by atoms with van der Waals surface area (Å²) < 4.78 is 4.50. The fourth-order valence-electron chi connectivity index (χ4n) is 1.25. The van der Waals surface area contributed by atoms with Crippen LogP contribution < -0.4 is 5.73 Å². The molecule has 0 spiro atoms. The zero-order valence-electron chi connectivity index (χ0n) is 8.77.